The van der Waals surface area contributed by atoms with Gasteiger partial charge in [-0.3, -0.25) is 10.1 Å². The molecule has 0 aromatic heterocycles. The van der Waals surface area contributed by atoms with E-state index in [0.717, 1.165) is 6.42 Å². The van der Waals surface area contributed by atoms with Crippen molar-refractivity contribution in [2.75, 3.05) is 11.9 Å². The fourth-order valence-corrected chi connectivity index (χ4v) is 3.18. The Hall–Kier alpha value is -1.04. The lowest BCUT2D eigenvalue weighted by molar-refractivity contribution is -0.384. The molecule has 1 aliphatic rings. The number of nitro groups is 1. The highest BCUT2D eigenvalue weighted by atomic mass is 35.5. The molecule has 0 radical (unpaired) electrons. The molecule has 1 fully saturated rings. The summed E-state index contributed by atoms with van der Waals surface area (Å²) in [4.78, 5) is 10.3. The highest BCUT2D eigenvalue weighted by Crippen LogP contribution is 2.46. The number of ether oxygens (including phenoxy) is 1. The summed E-state index contributed by atoms with van der Waals surface area (Å²) in [6.45, 7) is 6.88. The second-order valence-electron chi connectivity index (χ2n) is 5.74. The third-order valence-corrected chi connectivity index (χ3v) is 4.70. The van der Waals surface area contributed by atoms with Gasteiger partial charge in [0.25, 0.3) is 5.69 Å². The topological polar surface area (TPSA) is 64.4 Å². The maximum absolute atomic E-state index is 10.8. The number of hydrogen-bond acceptors (Lipinski definition) is 4. The molecule has 116 valence electrons. The molecule has 1 saturated carbocycles. The van der Waals surface area contributed by atoms with Crippen LogP contribution in [0.5, 0.6) is 0 Å². The van der Waals surface area contributed by atoms with Crippen molar-refractivity contribution in [3.8, 4) is 0 Å². The number of halogens is 2. The van der Waals surface area contributed by atoms with Gasteiger partial charge in [0.15, 0.2) is 0 Å². The number of nitro benzene ring substituents is 1. The Morgan fingerprint density at radius 2 is 2.00 bits per heavy atom. The van der Waals surface area contributed by atoms with Crippen LogP contribution in [0.15, 0.2) is 12.1 Å². The van der Waals surface area contributed by atoms with Crippen LogP contribution in [0.2, 0.25) is 10.0 Å². The summed E-state index contributed by atoms with van der Waals surface area (Å²) in [5.74, 6) is 0. The number of hydrogen-bond donors (Lipinski definition) is 1. The van der Waals surface area contributed by atoms with Gasteiger partial charge in [-0.25, -0.2) is 0 Å². The monoisotopic (exact) mass is 332 g/mol. The summed E-state index contributed by atoms with van der Waals surface area (Å²) < 4.78 is 5.68. The average molecular weight is 333 g/mol. The second-order valence-corrected chi connectivity index (χ2v) is 6.55. The van der Waals surface area contributed by atoms with Crippen molar-refractivity contribution in [3.63, 3.8) is 0 Å². The summed E-state index contributed by atoms with van der Waals surface area (Å²) in [6.07, 6.45) is 1.04. The van der Waals surface area contributed by atoms with Gasteiger partial charge in [0.05, 0.1) is 26.8 Å². The average Bonchev–Trinajstić information content (AvgIpc) is 2.40. The largest absolute Gasteiger partial charge is 0.379 e. The van der Waals surface area contributed by atoms with Gasteiger partial charge in [0.1, 0.15) is 0 Å². The minimum Gasteiger partial charge on any atom is -0.379 e. The van der Waals surface area contributed by atoms with Gasteiger partial charge in [-0.1, -0.05) is 37.0 Å². The lowest BCUT2D eigenvalue weighted by Gasteiger charge is -2.52. The van der Waals surface area contributed by atoms with Crippen molar-refractivity contribution in [1.82, 2.24) is 0 Å². The van der Waals surface area contributed by atoms with E-state index in [2.05, 4.69) is 19.2 Å². The smallest absolute Gasteiger partial charge is 0.272 e. The van der Waals surface area contributed by atoms with Gasteiger partial charge < -0.3 is 10.1 Å². The first-order chi connectivity index (χ1) is 9.77. The van der Waals surface area contributed by atoms with Crippen LogP contribution in [-0.4, -0.2) is 23.7 Å². The van der Waals surface area contributed by atoms with Crippen molar-refractivity contribution in [2.45, 2.75) is 39.3 Å². The van der Waals surface area contributed by atoms with E-state index in [0.29, 0.717) is 12.3 Å². The highest BCUT2D eigenvalue weighted by molar-refractivity contribution is 6.39. The fourth-order valence-electron chi connectivity index (χ4n) is 2.59. The zero-order valence-corrected chi connectivity index (χ0v) is 13.7. The number of nitrogens with one attached hydrogen (secondary N) is 1. The maximum Gasteiger partial charge on any atom is 0.272 e. The standard InChI is InChI=1S/C14H18Cl2N2O3/c1-4-21-12-7-11(14(12,2)3)17-13-9(15)5-8(18(19)20)6-10(13)16/h5-6,11-12,17H,4,7H2,1-3H3. The third kappa shape index (κ3) is 3.10. The summed E-state index contributed by atoms with van der Waals surface area (Å²) in [5.41, 5.74) is 0.373. The van der Waals surface area contributed by atoms with Crippen LogP contribution in [0.1, 0.15) is 27.2 Å². The van der Waals surface area contributed by atoms with Crippen LogP contribution in [0.25, 0.3) is 0 Å². The number of rotatable bonds is 5. The van der Waals surface area contributed by atoms with Crippen LogP contribution in [0, 0.1) is 15.5 Å². The number of benzene rings is 1. The zero-order valence-electron chi connectivity index (χ0n) is 12.2. The summed E-state index contributed by atoms with van der Waals surface area (Å²) in [5, 5.41) is 14.6. The van der Waals surface area contributed by atoms with Crippen LogP contribution < -0.4 is 5.32 Å². The Labute approximate surface area is 133 Å². The van der Waals surface area contributed by atoms with E-state index in [1.165, 1.54) is 12.1 Å². The fraction of sp³-hybridized carbons (Fsp3) is 0.571. The molecule has 0 bridgehead atoms. The molecule has 0 saturated heterocycles. The summed E-state index contributed by atoms with van der Waals surface area (Å²) in [6, 6.07) is 2.77. The normalized spacial score (nSPS) is 23.5. The van der Waals surface area contributed by atoms with Crippen molar-refractivity contribution in [1.29, 1.82) is 0 Å². The SMILES string of the molecule is CCOC1CC(Nc2c(Cl)cc([N+](=O)[O-])cc2Cl)C1(C)C. The van der Waals surface area contributed by atoms with E-state index in [4.69, 9.17) is 27.9 Å². The molecule has 0 amide bonds. The summed E-state index contributed by atoms with van der Waals surface area (Å²) in [7, 11) is 0. The first kappa shape index (κ1) is 16.3. The van der Waals surface area contributed by atoms with Gasteiger partial charge in [-0.15, -0.1) is 0 Å². The molecule has 1 N–H and O–H groups in total. The molecule has 1 aliphatic carbocycles. The van der Waals surface area contributed by atoms with E-state index in [-0.39, 0.29) is 33.3 Å². The quantitative estimate of drug-likeness (QED) is 0.636. The van der Waals surface area contributed by atoms with E-state index < -0.39 is 4.92 Å². The lowest BCUT2D eigenvalue weighted by Crippen LogP contribution is -2.58. The first-order valence-electron chi connectivity index (χ1n) is 6.79. The Morgan fingerprint density at radius 1 is 1.43 bits per heavy atom. The van der Waals surface area contributed by atoms with Gasteiger partial charge in [0.2, 0.25) is 0 Å². The highest BCUT2D eigenvalue weighted by Gasteiger charge is 2.49. The Balaban J connectivity index is 2.16. The van der Waals surface area contributed by atoms with Crippen molar-refractivity contribution in [3.05, 3.63) is 32.3 Å². The Morgan fingerprint density at radius 3 is 2.43 bits per heavy atom. The molecule has 21 heavy (non-hydrogen) atoms. The predicted octanol–water partition coefficient (Wildman–Crippen LogP) is 4.52. The molecule has 7 heteroatoms. The minimum atomic E-state index is -0.514. The van der Waals surface area contributed by atoms with Gasteiger partial charge in [-0.05, 0) is 13.3 Å². The minimum absolute atomic E-state index is 0.0511. The predicted molar refractivity (Wildman–Crippen MR) is 84.3 cm³/mol. The summed E-state index contributed by atoms with van der Waals surface area (Å²) >= 11 is 12.2. The number of non-ortho nitro benzene ring substituents is 1. The van der Waals surface area contributed by atoms with Crippen LogP contribution in [-0.2, 0) is 4.74 Å². The molecular weight excluding hydrogens is 315 g/mol. The molecule has 0 spiro atoms. The molecular formula is C14H18Cl2N2O3. The molecule has 0 aliphatic heterocycles. The third-order valence-electron chi connectivity index (χ3n) is 4.10. The van der Waals surface area contributed by atoms with Gasteiger partial charge in [0, 0.05) is 30.2 Å². The van der Waals surface area contributed by atoms with Crippen molar-refractivity contribution >= 4 is 34.6 Å². The molecule has 2 atom stereocenters. The van der Waals surface area contributed by atoms with Gasteiger partial charge in [-0.2, -0.15) is 0 Å². The molecule has 1 aromatic rings. The van der Waals surface area contributed by atoms with E-state index >= 15 is 0 Å². The lowest BCUT2D eigenvalue weighted by atomic mass is 9.64. The van der Waals surface area contributed by atoms with E-state index in [1.807, 2.05) is 6.92 Å². The molecule has 1 aromatic carbocycles. The molecule has 2 rings (SSSR count). The molecule has 0 heterocycles. The van der Waals surface area contributed by atoms with E-state index in [9.17, 15) is 10.1 Å². The van der Waals surface area contributed by atoms with Crippen molar-refractivity contribution in [2.24, 2.45) is 5.41 Å². The van der Waals surface area contributed by atoms with Crippen LogP contribution in [0.3, 0.4) is 0 Å². The second kappa shape index (κ2) is 5.99. The molecule has 5 nitrogen and oxygen atoms in total. The Kier molecular flexibility index (Phi) is 4.66. The van der Waals surface area contributed by atoms with Crippen molar-refractivity contribution < 1.29 is 9.66 Å². The number of anilines is 1. The number of nitrogens with zero attached hydrogens (tertiary/aromatic N) is 1. The first-order valence-corrected chi connectivity index (χ1v) is 7.54. The van der Waals surface area contributed by atoms with E-state index in [1.54, 1.807) is 0 Å². The zero-order chi connectivity index (χ0) is 15.8. The van der Waals surface area contributed by atoms with Crippen LogP contribution >= 0.6 is 23.2 Å². The van der Waals surface area contributed by atoms with Crippen LogP contribution in [0.4, 0.5) is 11.4 Å². The maximum atomic E-state index is 10.8. The van der Waals surface area contributed by atoms with Gasteiger partial charge >= 0.3 is 0 Å². The molecule has 2 unspecified atom stereocenters. The Bertz CT molecular complexity index is 540.